The zero-order chi connectivity index (χ0) is 12.0. The number of carbonyl (C=O) groups excluding carboxylic acids is 2. The first-order chi connectivity index (χ1) is 7.58. The average Bonchev–Trinajstić information content (AvgIpc) is 2.58. The van der Waals surface area contributed by atoms with E-state index in [-0.39, 0.29) is 24.3 Å². The molecule has 1 heterocycles. The van der Waals surface area contributed by atoms with Crippen LogP contribution in [0, 0.1) is 0 Å². The summed E-state index contributed by atoms with van der Waals surface area (Å²) in [5, 5.41) is 13.7. The van der Waals surface area contributed by atoms with Crippen LogP contribution in [-0.4, -0.2) is 35.5 Å². The van der Waals surface area contributed by atoms with Gasteiger partial charge < -0.3 is 15.7 Å². The van der Waals surface area contributed by atoms with E-state index in [4.69, 9.17) is 5.11 Å². The first kappa shape index (κ1) is 12.5. The van der Waals surface area contributed by atoms with Gasteiger partial charge >= 0.3 is 5.97 Å². The molecule has 1 atom stereocenters. The van der Waals surface area contributed by atoms with Crippen LogP contribution in [0.2, 0.25) is 0 Å². The van der Waals surface area contributed by atoms with Crippen LogP contribution in [0.4, 0.5) is 0 Å². The summed E-state index contributed by atoms with van der Waals surface area (Å²) >= 11 is 0. The van der Waals surface area contributed by atoms with Crippen LogP contribution >= 0.6 is 0 Å². The van der Waals surface area contributed by atoms with Crippen LogP contribution in [0.1, 0.15) is 32.1 Å². The van der Waals surface area contributed by atoms with Gasteiger partial charge in [0.15, 0.2) is 0 Å². The van der Waals surface area contributed by atoms with Gasteiger partial charge in [-0.05, 0) is 12.8 Å². The van der Waals surface area contributed by atoms with E-state index in [2.05, 4.69) is 10.6 Å². The molecular weight excluding hydrogens is 212 g/mol. The largest absolute Gasteiger partial charge is 0.481 e. The molecule has 90 valence electrons. The second kappa shape index (κ2) is 6.09. The molecule has 1 aliphatic heterocycles. The molecule has 3 N–H and O–H groups in total. The fourth-order valence-corrected chi connectivity index (χ4v) is 1.57. The lowest BCUT2D eigenvalue weighted by Crippen LogP contribution is -2.36. The van der Waals surface area contributed by atoms with E-state index in [9.17, 15) is 14.4 Å². The fourth-order valence-electron chi connectivity index (χ4n) is 1.57. The molecule has 0 spiro atoms. The lowest BCUT2D eigenvalue weighted by Gasteiger charge is -2.09. The first-order valence-corrected chi connectivity index (χ1v) is 5.36. The summed E-state index contributed by atoms with van der Waals surface area (Å²) in [5.74, 6) is -1.01. The van der Waals surface area contributed by atoms with Crippen molar-refractivity contribution in [2.24, 2.45) is 0 Å². The summed E-state index contributed by atoms with van der Waals surface area (Å²) < 4.78 is 0. The van der Waals surface area contributed by atoms with Crippen LogP contribution < -0.4 is 10.6 Å². The number of aliphatic carboxylic acids is 1. The van der Waals surface area contributed by atoms with E-state index in [1.54, 1.807) is 0 Å². The van der Waals surface area contributed by atoms with Crippen molar-refractivity contribution in [2.75, 3.05) is 6.54 Å². The maximum Gasteiger partial charge on any atom is 0.303 e. The van der Waals surface area contributed by atoms with Crippen molar-refractivity contribution in [3.63, 3.8) is 0 Å². The summed E-state index contributed by atoms with van der Waals surface area (Å²) in [6.45, 7) is 0.486. The normalized spacial score (nSPS) is 19.2. The molecule has 1 saturated heterocycles. The Labute approximate surface area is 93.4 Å². The topological polar surface area (TPSA) is 95.5 Å². The number of hydrogen-bond donors (Lipinski definition) is 3. The fraction of sp³-hybridized carbons (Fsp3) is 0.700. The summed E-state index contributed by atoms with van der Waals surface area (Å²) in [5.41, 5.74) is 0. The third kappa shape index (κ3) is 4.77. The lowest BCUT2D eigenvalue weighted by molar-refractivity contribution is -0.137. The van der Waals surface area contributed by atoms with Crippen LogP contribution in [-0.2, 0) is 14.4 Å². The smallest absolute Gasteiger partial charge is 0.303 e. The minimum atomic E-state index is -0.842. The van der Waals surface area contributed by atoms with E-state index in [1.165, 1.54) is 0 Å². The Hall–Kier alpha value is -1.59. The van der Waals surface area contributed by atoms with E-state index in [0.717, 1.165) is 0 Å². The molecule has 0 aliphatic carbocycles. The summed E-state index contributed by atoms with van der Waals surface area (Å²) in [6, 6.07) is -0.112. The van der Waals surface area contributed by atoms with Crippen LogP contribution in [0.15, 0.2) is 0 Å². The van der Waals surface area contributed by atoms with E-state index < -0.39 is 5.97 Å². The highest BCUT2D eigenvalue weighted by Crippen LogP contribution is 2.03. The molecule has 0 bridgehead atoms. The Morgan fingerprint density at radius 2 is 2.06 bits per heavy atom. The minimum absolute atomic E-state index is 0.0452. The zero-order valence-corrected chi connectivity index (χ0v) is 8.99. The van der Waals surface area contributed by atoms with Crippen molar-refractivity contribution >= 4 is 17.8 Å². The number of amides is 2. The van der Waals surface area contributed by atoms with E-state index in [1.807, 2.05) is 0 Å². The van der Waals surface area contributed by atoms with Crippen molar-refractivity contribution in [3.8, 4) is 0 Å². The van der Waals surface area contributed by atoms with Gasteiger partial charge in [-0.25, -0.2) is 0 Å². The van der Waals surface area contributed by atoms with Crippen molar-refractivity contribution in [1.29, 1.82) is 0 Å². The van der Waals surface area contributed by atoms with Gasteiger partial charge in [-0.3, -0.25) is 14.4 Å². The highest BCUT2D eigenvalue weighted by molar-refractivity contribution is 5.82. The number of carboxylic acids is 1. The molecule has 6 heteroatoms. The van der Waals surface area contributed by atoms with Crippen molar-refractivity contribution in [1.82, 2.24) is 10.6 Å². The molecular formula is C10H16N2O4. The molecule has 1 aliphatic rings. The Kier molecular flexibility index (Phi) is 4.75. The van der Waals surface area contributed by atoms with Gasteiger partial charge in [0.25, 0.3) is 0 Å². The van der Waals surface area contributed by atoms with Crippen LogP contribution in [0.5, 0.6) is 0 Å². The Bertz CT molecular complexity index is 291. The molecule has 1 unspecified atom stereocenters. The minimum Gasteiger partial charge on any atom is -0.481 e. The zero-order valence-electron chi connectivity index (χ0n) is 8.99. The summed E-state index contributed by atoms with van der Waals surface area (Å²) in [4.78, 5) is 32.4. The van der Waals surface area contributed by atoms with E-state index >= 15 is 0 Å². The molecule has 1 rings (SSSR count). The highest BCUT2D eigenvalue weighted by Gasteiger charge is 2.22. The van der Waals surface area contributed by atoms with Crippen LogP contribution in [0.25, 0.3) is 0 Å². The van der Waals surface area contributed by atoms with E-state index in [0.29, 0.717) is 32.2 Å². The molecule has 6 nitrogen and oxygen atoms in total. The van der Waals surface area contributed by atoms with Gasteiger partial charge in [0, 0.05) is 25.8 Å². The molecule has 0 aromatic carbocycles. The maximum absolute atomic E-state index is 11.4. The quantitative estimate of drug-likeness (QED) is 0.541. The van der Waals surface area contributed by atoms with Gasteiger partial charge in [-0.15, -0.1) is 0 Å². The van der Waals surface area contributed by atoms with Gasteiger partial charge in [0.2, 0.25) is 11.8 Å². The van der Waals surface area contributed by atoms with Gasteiger partial charge in [0.1, 0.15) is 0 Å². The molecule has 0 radical (unpaired) electrons. The number of carboxylic acid groups (broad SMARTS) is 1. The molecule has 2 amide bonds. The predicted octanol–water partition coefficient (Wildman–Crippen LogP) is -0.364. The van der Waals surface area contributed by atoms with Crippen molar-refractivity contribution < 1.29 is 19.5 Å². The van der Waals surface area contributed by atoms with Crippen LogP contribution in [0.3, 0.4) is 0 Å². The number of rotatable bonds is 6. The highest BCUT2D eigenvalue weighted by atomic mass is 16.4. The summed E-state index contributed by atoms with van der Waals surface area (Å²) in [6.07, 6.45) is 1.81. The second-order valence-corrected chi connectivity index (χ2v) is 3.87. The Morgan fingerprint density at radius 1 is 1.38 bits per heavy atom. The number of carbonyl (C=O) groups is 3. The standard InChI is InChI=1S/C10H16N2O4/c13-8(3-1-2-4-10(15)16)12-7-5-9(14)11-6-7/h7H,1-6H2,(H,11,14)(H,12,13)(H,15,16). The Morgan fingerprint density at radius 3 is 2.62 bits per heavy atom. The van der Waals surface area contributed by atoms with Crippen molar-refractivity contribution in [3.05, 3.63) is 0 Å². The van der Waals surface area contributed by atoms with Gasteiger partial charge in [-0.2, -0.15) is 0 Å². The third-order valence-electron chi connectivity index (χ3n) is 2.39. The van der Waals surface area contributed by atoms with Gasteiger partial charge in [-0.1, -0.05) is 0 Å². The molecule has 0 saturated carbocycles. The third-order valence-corrected chi connectivity index (χ3v) is 2.39. The average molecular weight is 228 g/mol. The lowest BCUT2D eigenvalue weighted by atomic mass is 10.1. The number of nitrogens with one attached hydrogen (secondary N) is 2. The predicted molar refractivity (Wildman–Crippen MR) is 55.7 cm³/mol. The second-order valence-electron chi connectivity index (χ2n) is 3.87. The van der Waals surface area contributed by atoms with Gasteiger partial charge in [0.05, 0.1) is 6.04 Å². The maximum atomic E-state index is 11.4. The molecule has 0 aromatic heterocycles. The molecule has 0 aromatic rings. The monoisotopic (exact) mass is 228 g/mol. The Balaban J connectivity index is 2.07. The van der Waals surface area contributed by atoms with Crippen molar-refractivity contribution in [2.45, 2.75) is 38.1 Å². The molecule has 1 fully saturated rings. The number of unbranched alkanes of at least 4 members (excludes halogenated alkanes) is 1. The molecule has 16 heavy (non-hydrogen) atoms. The SMILES string of the molecule is O=C(O)CCCCC(=O)NC1CNC(=O)C1. The number of hydrogen-bond acceptors (Lipinski definition) is 3. The first-order valence-electron chi connectivity index (χ1n) is 5.36. The summed E-state index contributed by atoms with van der Waals surface area (Å²) in [7, 11) is 0.